The predicted octanol–water partition coefficient (Wildman–Crippen LogP) is 3.00. The minimum absolute atomic E-state index is 0.155. The second-order valence-corrected chi connectivity index (χ2v) is 5.80. The number of ether oxygens (including phenoxy) is 1. The number of nitrogens with one attached hydrogen (secondary N) is 2. The lowest BCUT2D eigenvalue weighted by molar-refractivity contribution is -0.129. The van der Waals surface area contributed by atoms with Crippen molar-refractivity contribution in [2.45, 2.75) is 13.0 Å². The van der Waals surface area contributed by atoms with E-state index in [0.29, 0.717) is 10.6 Å². The van der Waals surface area contributed by atoms with Crippen molar-refractivity contribution in [1.29, 1.82) is 0 Å². The summed E-state index contributed by atoms with van der Waals surface area (Å²) >= 11 is 11.6. The number of benzene rings is 2. The van der Waals surface area contributed by atoms with E-state index in [2.05, 4.69) is 10.9 Å². The SMILES string of the molecule is C[C@H](OC(=O)c1ccc(Cl)c(Cl)c1)C(=O)NNC(=O)c1ccccc1. The monoisotopic (exact) mass is 380 g/mol. The van der Waals surface area contributed by atoms with Crippen LogP contribution in [-0.2, 0) is 9.53 Å². The van der Waals surface area contributed by atoms with Gasteiger partial charge in [-0.25, -0.2) is 4.79 Å². The summed E-state index contributed by atoms with van der Waals surface area (Å²) in [5.74, 6) is -1.91. The Labute approximate surface area is 154 Å². The van der Waals surface area contributed by atoms with Crippen molar-refractivity contribution in [1.82, 2.24) is 10.9 Å². The lowest BCUT2D eigenvalue weighted by Crippen LogP contribution is -2.46. The minimum Gasteiger partial charge on any atom is -0.449 e. The molecule has 0 radical (unpaired) electrons. The van der Waals surface area contributed by atoms with Crippen LogP contribution in [-0.4, -0.2) is 23.9 Å². The molecule has 2 rings (SSSR count). The first-order valence-electron chi connectivity index (χ1n) is 7.19. The summed E-state index contributed by atoms with van der Waals surface area (Å²) < 4.78 is 5.03. The Morgan fingerprint density at radius 2 is 1.60 bits per heavy atom. The highest BCUT2D eigenvalue weighted by Crippen LogP contribution is 2.23. The molecule has 2 N–H and O–H groups in total. The fourth-order valence-corrected chi connectivity index (χ4v) is 2.09. The second kappa shape index (κ2) is 8.50. The van der Waals surface area contributed by atoms with Gasteiger partial charge in [0.15, 0.2) is 6.10 Å². The molecule has 1 atom stereocenters. The zero-order valence-electron chi connectivity index (χ0n) is 13.1. The molecule has 25 heavy (non-hydrogen) atoms. The summed E-state index contributed by atoms with van der Waals surface area (Å²) in [4.78, 5) is 35.7. The quantitative estimate of drug-likeness (QED) is 0.630. The Hall–Kier alpha value is -2.57. The van der Waals surface area contributed by atoms with Gasteiger partial charge in [0.2, 0.25) is 0 Å². The Morgan fingerprint density at radius 1 is 0.920 bits per heavy atom. The largest absolute Gasteiger partial charge is 0.449 e. The molecule has 2 aromatic carbocycles. The predicted molar refractivity (Wildman–Crippen MR) is 93.4 cm³/mol. The van der Waals surface area contributed by atoms with E-state index in [1.54, 1.807) is 30.3 Å². The van der Waals surface area contributed by atoms with Crippen LogP contribution in [0.5, 0.6) is 0 Å². The summed E-state index contributed by atoms with van der Waals surface area (Å²) in [6.45, 7) is 1.37. The van der Waals surface area contributed by atoms with Gasteiger partial charge < -0.3 is 4.74 Å². The number of carbonyl (C=O) groups excluding carboxylic acids is 3. The number of halogens is 2. The lowest BCUT2D eigenvalue weighted by Gasteiger charge is -2.14. The number of hydrogen-bond acceptors (Lipinski definition) is 4. The van der Waals surface area contributed by atoms with Gasteiger partial charge >= 0.3 is 5.97 Å². The van der Waals surface area contributed by atoms with Crippen LogP contribution in [0.1, 0.15) is 27.6 Å². The second-order valence-electron chi connectivity index (χ2n) is 4.99. The first kappa shape index (κ1) is 18.8. The highest BCUT2D eigenvalue weighted by molar-refractivity contribution is 6.42. The van der Waals surface area contributed by atoms with Gasteiger partial charge in [-0.1, -0.05) is 41.4 Å². The van der Waals surface area contributed by atoms with E-state index >= 15 is 0 Å². The number of rotatable bonds is 4. The van der Waals surface area contributed by atoms with Crippen LogP contribution in [0.4, 0.5) is 0 Å². The third-order valence-electron chi connectivity index (χ3n) is 3.14. The van der Waals surface area contributed by atoms with Crippen molar-refractivity contribution in [3.05, 3.63) is 69.7 Å². The highest BCUT2D eigenvalue weighted by Gasteiger charge is 2.20. The van der Waals surface area contributed by atoms with E-state index in [0.717, 1.165) is 0 Å². The zero-order chi connectivity index (χ0) is 18.4. The van der Waals surface area contributed by atoms with Crippen LogP contribution >= 0.6 is 23.2 Å². The maximum Gasteiger partial charge on any atom is 0.338 e. The van der Waals surface area contributed by atoms with E-state index in [4.69, 9.17) is 27.9 Å². The Bertz CT molecular complexity index is 796. The molecule has 2 aromatic rings. The third kappa shape index (κ3) is 5.20. The van der Waals surface area contributed by atoms with Crippen LogP contribution in [0.3, 0.4) is 0 Å². The van der Waals surface area contributed by atoms with E-state index in [1.165, 1.54) is 25.1 Å². The standard InChI is InChI=1S/C17H14Cl2N2O4/c1-10(25-17(24)12-7-8-13(18)14(19)9-12)15(22)20-21-16(23)11-5-3-2-4-6-11/h2-10H,1H3,(H,20,22)(H,21,23)/t10-/m0/s1. The Balaban J connectivity index is 1.88. The summed E-state index contributed by atoms with van der Waals surface area (Å²) in [6, 6.07) is 12.6. The Morgan fingerprint density at radius 3 is 2.24 bits per heavy atom. The molecule has 0 spiro atoms. The van der Waals surface area contributed by atoms with Crippen LogP contribution in [0.2, 0.25) is 10.0 Å². The fourth-order valence-electron chi connectivity index (χ4n) is 1.79. The van der Waals surface area contributed by atoms with Gasteiger partial charge in [-0.15, -0.1) is 0 Å². The molecule has 0 saturated heterocycles. The Kier molecular flexibility index (Phi) is 6.38. The van der Waals surface area contributed by atoms with Crippen LogP contribution in [0.15, 0.2) is 48.5 Å². The molecular formula is C17H14Cl2N2O4. The van der Waals surface area contributed by atoms with Crippen LogP contribution in [0, 0.1) is 0 Å². The molecule has 0 unspecified atom stereocenters. The van der Waals surface area contributed by atoms with Gasteiger partial charge in [-0.05, 0) is 37.3 Å². The summed E-state index contributed by atoms with van der Waals surface area (Å²) in [5.41, 5.74) is 4.97. The maximum atomic E-state index is 12.0. The third-order valence-corrected chi connectivity index (χ3v) is 3.88. The average molecular weight is 381 g/mol. The van der Waals surface area contributed by atoms with Gasteiger partial charge in [0.25, 0.3) is 11.8 Å². The van der Waals surface area contributed by atoms with Crippen molar-refractivity contribution < 1.29 is 19.1 Å². The molecule has 0 aromatic heterocycles. The topological polar surface area (TPSA) is 84.5 Å². The molecule has 0 aliphatic heterocycles. The van der Waals surface area contributed by atoms with Crippen LogP contribution in [0.25, 0.3) is 0 Å². The molecular weight excluding hydrogens is 367 g/mol. The smallest absolute Gasteiger partial charge is 0.338 e. The van der Waals surface area contributed by atoms with Gasteiger partial charge in [0, 0.05) is 5.56 Å². The van der Waals surface area contributed by atoms with Crippen molar-refractivity contribution in [3.63, 3.8) is 0 Å². The fraction of sp³-hybridized carbons (Fsp3) is 0.118. The highest BCUT2D eigenvalue weighted by atomic mass is 35.5. The summed E-state index contributed by atoms with van der Waals surface area (Å²) in [5, 5.41) is 0.496. The van der Waals surface area contributed by atoms with Gasteiger partial charge in [-0.3, -0.25) is 20.4 Å². The molecule has 0 saturated carbocycles. The number of esters is 1. The zero-order valence-corrected chi connectivity index (χ0v) is 14.6. The van der Waals surface area contributed by atoms with Gasteiger partial charge in [0.1, 0.15) is 0 Å². The summed E-state index contributed by atoms with van der Waals surface area (Å²) in [6.07, 6.45) is -1.13. The van der Waals surface area contributed by atoms with Crippen molar-refractivity contribution in [3.8, 4) is 0 Å². The molecule has 0 heterocycles. The van der Waals surface area contributed by atoms with Crippen molar-refractivity contribution >= 4 is 41.0 Å². The molecule has 8 heteroatoms. The van der Waals surface area contributed by atoms with E-state index in [1.807, 2.05) is 0 Å². The molecule has 0 aliphatic carbocycles. The van der Waals surface area contributed by atoms with E-state index in [9.17, 15) is 14.4 Å². The van der Waals surface area contributed by atoms with Crippen molar-refractivity contribution in [2.24, 2.45) is 0 Å². The number of hydrogen-bond donors (Lipinski definition) is 2. The number of carbonyl (C=O) groups is 3. The average Bonchev–Trinajstić information content (AvgIpc) is 2.62. The molecule has 0 fully saturated rings. The normalized spacial score (nSPS) is 11.3. The van der Waals surface area contributed by atoms with Crippen molar-refractivity contribution in [2.75, 3.05) is 0 Å². The van der Waals surface area contributed by atoms with Gasteiger partial charge in [-0.2, -0.15) is 0 Å². The van der Waals surface area contributed by atoms with Crippen LogP contribution < -0.4 is 10.9 Å². The maximum absolute atomic E-state index is 12.0. The molecule has 0 aliphatic rings. The minimum atomic E-state index is -1.13. The number of hydrazine groups is 1. The first-order chi connectivity index (χ1) is 11.9. The molecule has 2 amide bonds. The molecule has 0 bridgehead atoms. The van der Waals surface area contributed by atoms with Gasteiger partial charge in [0.05, 0.1) is 15.6 Å². The summed E-state index contributed by atoms with van der Waals surface area (Å²) in [7, 11) is 0. The first-order valence-corrected chi connectivity index (χ1v) is 7.95. The molecule has 130 valence electrons. The van der Waals surface area contributed by atoms with E-state index < -0.39 is 23.9 Å². The molecule has 6 nitrogen and oxygen atoms in total. The van der Waals surface area contributed by atoms with E-state index in [-0.39, 0.29) is 10.6 Å². The number of amides is 2. The lowest BCUT2D eigenvalue weighted by atomic mass is 10.2.